The van der Waals surface area contributed by atoms with Crippen molar-refractivity contribution in [2.45, 2.75) is 0 Å². The van der Waals surface area contributed by atoms with Crippen LogP contribution >= 0.6 is 28.1 Å². The molecule has 0 bridgehead atoms. The van der Waals surface area contributed by atoms with Gasteiger partial charge in [-0.2, -0.15) is 0 Å². The number of benzene rings is 1. The molecule has 0 aliphatic carbocycles. The van der Waals surface area contributed by atoms with Crippen molar-refractivity contribution in [3.63, 3.8) is 0 Å². The van der Waals surface area contributed by atoms with Crippen LogP contribution in [0.2, 0.25) is 0 Å². The first kappa shape index (κ1) is 13.2. The van der Waals surface area contributed by atoms with Crippen molar-refractivity contribution in [3.8, 4) is 0 Å². The van der Waals surface area contributed by atoms with Gasteiger partial charge in [-0.3, -0.25) is 10.9 Å². The molecule has 0 aliphatic heterocycles. The Kier molecular flexibility index (Phi) is 6.14. The van der Waals surface area contributed by atoms with Gasteiger partial charge in [0.15, 0.2) is 5.11 Å². The zero-order valence-electron chi connectivity index (χ0n) is 8.92. The van der Waals surface area contributed by atoms with Crippen molar-refractivity contribution in [1.29, 1.82) is 0 Å². The summed E-state index contributed by atoms with van der Waals surface area (Å²) in [5.41, 5.74) is 6.80. The summed E-state index contributed by atoms with van der Waals surface area (Å²) in [6.07, 6.45) is 0. The smallest absolute Gasteiger partial charge is 0.185 e. The summed E-state index contributed by atoms with van der Waals surface area (Å²) in [5, 5.41) is 3.53. The molecule has 0 saturated heterocycles. The number of rotatable bonds is 5. The molecule has 0 atom stereocenters. The molecule has 1 aromatic rings. The fraction of sp³-hybridized carbons (Fsp3) is 0.300. The second kappa shape index (κ2) is 7.43. The monoisotopic (exact) mass is 303 g/mol. The highest BCUT2D eigenvalue weighted by molar-refractivity contribution is 9.10. The van der Waals surface area contributed by atoms with Gasteiger partial charge in [0.05, 0.1) is 12.3 Å². The van der Waals surface area contributed by atoms with Crippen molar-refractivity contribution in [2.24, 2.45) is 0 Å². The van der Waals surface area contributed by atoms with E-state index in [1.807, 2.05) is 24.3 Å². The van der Waals surface area contributed by atoms with E-state index in [0.717, 1.165) is 10.2 Å². The molecule has 0 aliphatic rings. The summed E-state index contributed by atoms with van der Waals surface area (Å²) in [4.78, 5) is 0. The number of hydrazine groups is 1. The average Bonchev–Trinajstić information content (AvgIpc) is 2.27. The molecule has 88 valence electrons. The van der Waals surface area contributed by atoms with E-state index < -0.39 is 0 Å². The van der Waals surface area contributed by atoms with Gasteiger partial charge in [-0.15, -0.1) is 0 Å². The minimum Gasteiger partial charge on any atom is -0.383 e. The van der Waals surface area contributed by atoms with Crippen LogP contribution in [0, 0.1) is 0 Å². The highest BCUT2D eigenvalue weighted by Gasteiger charge is 1.95. The molecule has 1 aromatic carbocycles. The van der Waals surface area contributed by atoms with E-state index in [4.69, 9.17) is 17.0 Å². The highest BCUT2D eigenvalue weighted by atomic mass is 79.9. The third-order valence-corrected chi connectivity index (χ3v) is 2.48. The largest absolute Gasteiger partial charge is 0.383 e. The molecule has 6 heteroatoms. The first-order chi connectivity index (χ1) is 7.72. The normalized spacial score (nSPS) is 9.62. The van der Waals surface area contributed by atoms with Crippen LogP contribution in [0.3, 0.4) is 0 Å². The lowest BCUT2D eigenvalue weighted by molar-refractivity contribution is 0.204. The van der Waals surface area contributed by atoms with Gasteiger partial charge < -0.3 is 10.1 Å². The number of methoxy groups -OCH3 is 1. The average molecular weight is 304 g/mol. The van der Waals surface area contributed by atoms with Crippen molar-refractivity contribution < 1.29 is 4.74 Å². The minimum atomic E-state index is 0.539. The number of nitrogens with one attached hydrogen (secondary N) is 3. The number of halogens is 1. The molecule has 4 nitrogen and oxygen atoms in total. The molecule has 0 fully saturated rings. The zero-order chi connectivity index (χ0) is 11.8. The van der Waals surface area contributed by atoms with E-state index in [1.165, 1.54) is 0 Å². The Morgan fingerprint density at radius 1 is 1.50 bits per heavy atom. The van der Waals surface area contributed by atoms with Crippen LogP contribution in [0.1, 0.15) is 0 Å². The van der Waals surface area contributed by atoms with Crippen LogP contribution in [0.5, 0.6) is 0 Å². The van der Waals surface area contributed by atoms with E-state index in [1.54, 1.807) is 7.11 Å². The third-order valence-electron chi connectivity index (χ3n) is 1.74. The molecule has 0 saturated carbocycles. The molecule has 16 heavy (non-hydrogen) atoms. The van der Waals surface area contributed by atoms with E-state index >= 15 is 0 Å². The van der Waals surface area contributed by atoms with Gasteiger partial charge in [0.25, 0.3) is 0 Å². The quantitative estimate of drug-likeness (QED) is 0.440. The summed E-state index contributed by atoms with van der Waals surface area (Å²) in [7, 11) is 1.65. The van der Waals surface area contributed by atoms with Gasteiger partial charge in [-0.25, -0.2) is 0 Å². The van der Waals surface area contributed by atoms with Gasteiger partial charge in [-0.1, -0.05) is 22.0 Å². The number of hydrogen-bond acceptors (Lipinski definition) is 3. The fourth-order valence-electron chi connectivity index (χ4n) is 1.01. The SMILES string of the molecule is COCCNC(=S)NNc1cccc(Br)c1. The molecular formula is C10H14BrN3OS. The van der Waals surface area contributed by atoms with Gasteiger partial charge >= 0.3 is 0 Å². The molecular weight excluding hydrogens is 290 g/mol. The summed E-state index contributed by atoms with van der Waals surface area (Å²) in [5.74, 6) is 0. The van der Waals surface area contributed by atoms with Gasteiger partial charge in [0.1, 0.15) is 0 Å². The van der Waals surface area contributed by atoms with Crippen LogP contribution in [-0.4, -0.2) is 25.4 Å². The summed E-state index contributed by atoms with van der Waals surface area (Å²) < 4.78 is 5.91. The van der Waals surface area contributed by atoms with Crippen LogP contribution in [0.25, 0.3) is 0 Å². The van der Waals surface area contributed by atoms with E-state index in [0.29, 0.717) is 18.3 Å². The zero-order valence-corrected chi connectivity index (χ0v) is 11.3. The Morgan fingerprint density at radius 3 is 3.00 bits per heavy atom. The second-order valence-electron chi connectivity index (χ2n) is 3.01. The lowest BCUT2D eigenvalue weighted by Gasteiger charge is -2.12. The van der Waals surface area contributed by atoms with Crippen molar-refractivity contribution >= 4 is 38.9 Å². The van der Waals surface area contributed by atoms with Crippen LogP contribution < -0.4 is 16.2 Å². The number of ether oxygens (including phenoxy) is 1. The van der Waals surface area contributed by atoms with Gasteiger partial charge in [-0.05, 0) is 30.4 Å². The second-order valence-corrected chi connectivity index (χ2v) is 4.33. The van der Waals surface area contributed by atoms with Crippen LogP contribution in [0.4, 0.5) is 5.69 Å². The van der Waals surface area contributed by atoms with Gasteiger partial charge in [0.2, 0.25) is 0 Å². The Hall–Kier alpha value is -0.850. The maximum absolute atomic E-state index is 5.05. The van der Waals surface area contributed by atoms with Crippen LogP contribution in [0.15, 0.2) is 28.7 Å². The van der Waals surface area contributed by atoms with Crippen molar-refractivity contribution in [2.75, 3.05) is 25.7 Å². The highest BCUT2D eigenvalue weighted by Crippen LogP contribution is 2.14. The first-order valence-electron chi connectivity index (χ1n) is 4.76. The summed E-state index contributed by atoms with van der Waals surface area (Å²) in [6, 6.07) is 7.79. The summed E-state index contributed by atoms with van der Waals surface area (Å²) in [6.45, 7) is 1.31. The maximum Gasteiger partial charge on any atom is 0.185 e. The van der Waals surface area contributed by atoms with Crippen molar-refractivity contribution in [1.82, 2.24) is 10.7 Å². The Balaban J connectivity index is 2.26. The first-order valence-corrected chi connectivity index (χ1v) is 5.97. The molecule has 0 unspecified atom stereocenters. The molecule has 0 heterocycles. The molecule has 0 radical (unpaired) electrons. The molecule has 1 rings (SSSR count). The number of hydrogen-bond donors (Lipinski definition) is 3. The molecule has 0 spiro atoms. The predicted octanol–water partition coefficient (Wildman–Crippen LogP) is 1.89. The van der Waals surface area contributed by atoms with Crippen molar-refractivity contribution in [3.05, 3.63) is 28.7 Å². The minimum absolute atomic E-state index is 0.539. The standard InChI is InChI=1S/C10H14BrN3OS/c1-15-6-5-12-10(16)14-13-9-4-2-3-8(11)7-9/h2-4,7,13H,5-6H2,1H3,(H2,12,14,16). The third kappa shape index (κ3) is 5.29. The summed E-state index contributed by atoms with van der Waals surface area (Å²) >= 11 is 8.44. The van der Waals surface area contributed by atoms with E-state index in [2.05, 4.69) is 32.1 Å². The topological polar surface area (TPSA) is 45.3 Å². The number of anilines is 1. The Labute approximate surface area is 109 Å². The predicted molar refractivity (Wildman–Crippen MR) is 73.4 cm³/mol. The number of thiocarbonyl (C=S) groups is 1. The van der Waals surface area contributed by atoms with E-state index in [-0.39, 0.29) is 0 Å². The molecule has 0 amide bonds. The molecule has 0 aromatic heterocycles. The Morgan fingerprint density at radius 2 is 2.31 bits per heavy atom. The van der Waals surface area contributed by atoms with Crippen LogP contribution in [-0.2, 0) is 4.74 Å². The lowest BCUT2D eigenvalue weighted by Crippen LogP contribution is -2.40. The Bertz CT molecular complexity index is 349. The van der Waals surface area contributed by atoms with Gasteiger partial charge in [0, 0.05) is 18.1 Å². The fourth-order valence-corrected chi connectivity index (χ4v) is 1.56. The maximum atomic E-state index is 5.05. The molecule has 3 N–H and O–H groups in total. The lowest BCUT2D eigenvalue weighted by atomic mass is 10.3. The van der Waals surface area contributed by atoms with E-state index in [9.17, 15) is 0 Å².